The number of nitro benzene ring substituents is 2. The number of aliphatic hydroxyl groups excluding tert-OH is 8. The molecule has 50 nitrogen and oxygen atoms in total. The molecule has 52 heteroatoms. The Kier molecular flexibility index (Phi) is 24.2. The van der Waals surface area contributed by atoms with E-state index < -0.39 is 149 Å². The number of nitrogens with one attached hydrogen (secondary N) is 6. The molecule has 4 aliphatic rings. The van der Waals surface area contributed by atoms with Gasteiger partial charge in [0, 0.05) is 37.4 Å². The van der Waals surface area contributed by atoms with Crippen LogP contribution in [0.15, 0.2) is 93.0 Å². The molecule has 0 unspecified atom stereocenters. The fraction of sp³-hybridized carbons (Fsp3) is 0.382. The predicted molar refractivity (Wildman–Crippen MR) is 363 cm³/mol. The number of nitrogen functional groups attached to an aromatic ring is 4. The molecule has 10 aromatic rings. The second-order valence-electron chi connectivity index (χ2n) is 22.9. The lowest BCUT2D eigenvalue weighted by Crippen LogP contribution is -2.53. The van der Waals surface area contributed by atoms with Gasteiger partial charge in [-0.1, -0.05) is 0 Å². The van der Waals surface area contributed by atoms with E-state index in [4.69, 9.17) is 91.1 Å². The van der Waals surface area contributed by atoms with Gasteiger partial charge in [0.1, 0.15) is 72.5 Å². The number of urea groups is 1. The minimum Gasteiger partial charge on any atom is -0.395 e. The van der Waals surface area contributed by atoms with E-state index in [1.54, 1.807) is 0 Å². The Morgan fingerprint density at radius 3 is 1.16 bits per heavy atom. The van der Waals surface area contributed by atoms with Crippen LogP contribution in [0.25, 0.3) is 44.7 Å². The summed E-state index contributed by atoms with van der Waals surface area (Å²) in [5.74, 6) is -0.384. The second-order valence-corrected chi connectivity index (χ2v) is 23.7. The summed E-state index contributed by atoms with van der Waals surface area (Å²) in [6.07, 6.45) is -11.6. The minimum absolute atomic E-state index is 0.0202. The molecule has 4 saturated heterocycles. The average molecular weight is 1540 g/mol. The smallest absolute Gasteiger partial charge is 0.395 e. The van der Waals surface area contributed by atoms with Gasteiger partial charge >= 0.3 is 12.2 Å². The van der Waals surface area contributed by atoms with Gasteiger partial charge < -0.3 is 114 Å². The Bertz CT molecular complexity index is 4920. The van der Waals surface area contributed by atoms with Crippen LogP contribution < -0.4 is 76.7 Å². The molecule has 2 aromatic carbocycles. The first kappa shape index (κ1) is 78.0. The van der Waals surface area contributed by atoms with E-state index >= 15 is 0 Å². The molecule has 2 amide bonds. The number of nitro groups is 2. The highest BCUT2D eigenvalue weighted by atomic mass is 35.5. The number of aliphatic hydroxyl groups is 8. The number of benzene rings is 2. The van der Waals surface area contributed by atoms with E-state index in [2.05, 4.69) is 70.4 Å². The quantitative estimate of drug-likeness (QED) is 0.0158. The highest BCUT2D eigenvalue weighted by Crippen LogP contribution is 2.35. The molecule has 4 fully saturated rings. The molecule has 572 valence electrons. The number of hydrogen-bond donors (Lipinski definition) is 20. The number of amides is 2. The molecular weight excluding hydrogens is 1480 g/mol. The first-order chi connectivity index (χ1) is 51.0. The van der Waals surface area contributed by atoms with Crippen molar-refractivity contribution in [2.75, 3.05) is 54.6 Å². The molecule has 4 aliphatic heterocycles. The maximum atomic E-state index is 12.8. The Morgan fingerprint density at radius 2 is 0.832 bits per heavy atom. The fourth-order valence-electron chi connectivity index (χ4n) is 11.1. The zero-order chi connectivity index (χ0) is 77.6. The maximum absolute atomic E-state index is 12.8. The number of ether oxygens (including phenoxy) is 6. The second kappa shape index (κ2) is 33.2. The number of aromatic nitrogens is 16. The van der Waals surface area contributed by atoms with E-state index in [1.165, 1.54) is 92.1 Å². The number of anilines is 4. The molecule has 0 radical (unpaired) electrons. The monoisotopic (exact) mass is 1540 g/mol. The summed E-state index contributed by atoms with van der Waals surface area (Å²) >= 11 is 9.53. The van der Waals surface area contributed by atoms with Gasteiger partial charge in [-0.25, -0.2) is 29.5 Å². The summed E-state index contributed by atoms with van der Waals surface area (Å²) in [6, 6.07) is 6.98. The minimum atomic E-state index is -1.48. The summed E-state index contributed by atoms with van der Waals surface area (Å²) < 4.78 is 37.3. The Hall–Kier alpha value is -11.6. The fourth-order valence-corrected chi connectivity index (χ4v) is 11.1. The first-order valence-electron chi connectivity index (χ1n) is 30.8. The van der Waals surface area contributed by atoms with Gasteiger partial charge in [-0.05, 0) is 24.3 Å². The number of non-ortho nitro benzene ring substituents is 2. The SMILES string of the molecule is ClCCl.NC[C@H]1O[C@@H](n2cnc3c(=O)[nH]c(N)nc32)[C@H](O)[C@@H]1O.Nc1nc2c(ncn2[C@@H]2O[C@H](CNC(=O)N[C@H]3[C@@H](O)[C@H](n4cnc5c(=O)[nH]c(N)nc54)O[C@@H]3CO)[C@@H](O)[C@H]2O)c(=O)[nH]1.Nc1nc2c(ncn2[C@@H]2O[C@H](CO)[C@@H](N)[C@H]2O)c(=O)[nH]1.O=C(Oc1ccc([N+](=O)[O-])cc1)Oc1ccc([N+](=O)[O-])cc1. The van der Waals surface area contributed by atoms with Gasteiger partial charge in [0.2, 0.25) is 23.8 Å². The molecule has 16 atom stereocenters. The van der Waals surface area contributed by atoms with E-state index in [-0.39, 0.29) is 116 Å². The van der Waals surface area contributed by atoms with Crippen molar-refractivity contribution in [3.8, 4) is 11.5 Å². The number of hydrogen-bond acceptors (Lipinski definition) is 38. The molecule has 0 bridgehead atoms. The highest BCUT2D eigenvalue weighted by molar-refractivity contribution is 6.40. The molecule has 0 aliphatic carbocycles. The number of rotatable bonds is 14. The van der Waals surface area contributed by atoms with Crippen molar-refractivity contribution in [3.05, 3.63) is 135 Å². The van der Waals surface area contributed by atoms with Crippen LogP contribution >= 0.6 is 23.2 Å². The normalized spacial score (nSPS) is 25.0. The third-order valence-electron chi connectivity index (χ3n) is 16.2. The average Bonchev–Trinajstić information content (AvgIpc) is 1.65. The third-order valence-corrected chi connectivity index (χ3v) is 16.2. The van der Waals surface area contributed by atoms with Crippen LogP contribution in [0.1, 0.15) is 24.9 Å². The first-order valence-corrected chi connectivity index (χ1v) is 31.9. The van der Waals surface area contributed by atoms with Gasteiger partial charge in [0.15, 0.2) is 69.6 Å². The van der Waals surface area contributed by atoms with Crippen molar-refractivity contribution in [3.63, 3.8) is 0 Å². The molecule has 107 heavy (non-hydrogen) atoms. The largest absolute Gasteiger partial charge is 0.519 e. The van der Waals surface area contributed by atoms with Crippen LogP contribution in [0.4, 0.5) is 44.8 Å². The number of carbonyl (C=O) groups excluding carboxylic acids is 2. The van der Waals surface area contributed by atoms with E-state index in [0.717, 1.165) is 0 Å². The van der Waals surface area contributed by atoms with Crippen molar-refractivity contribution in [1.82, 2.24) is 88.7 Å². The van der Waals surface area contributed by atoms with Crippen molar-refractivity contribution in [1.29, 1.82) is 0 Å². The summed E-state index contributed by atoms with van der Waals surface area (Å²) in [6.45, 7) is -1.15. The van der Waals surface area contributed by atoms with E-state index in [9.17, 15) is 84.7 Å². The zero-order valence-corrected chi connectivity index (χ0v) is 55.8. The number of nitrogens with two attached hydrogens (primary N) is 6. The Balaban J connectivity index is 0.000000160. The summed E-state index contributed by atoms with van der Waals surface area (Å²) in [4.78, 5) is 133. The number of halogens is 2. The number of imidazole rings is 4. The lowest BCUT2D eigenvalue weighted by atomic mass is 10.1. The van der Waals surface area contributed by atoms with Crippen LogP contribution in [-0.2, 0) is 18.9 Å². The highest BCUT2D eigenvalue weighted by Gasteiger charge is 2.49. The number of alkyl halides is 2. The lowest BCUT2D eigenvalue weighted by Gasteiger charge is -2.22. The third kappa shape index (κ3) is 16.7. The van der Waals surface area contributed by atoms with Crippen LogP contribution in [0.2, 0.25) is 0 Å². The predicted octanol–water partition coefficient (Wildman–Crippen LogP) is -5.98. The molecule has 0 saturated carbocycles. The summed E-state index contributed by atoms with van der Waals surface area (Å²) in [5, 5.41) is 107. The van der Waals surface area contributed by atoms with Crippen molar-refractivity contribution < 1.29 is 88.7 Å². The molecule has 8 aromatic heterocycles. The molecule has 0 spiro atoms. The summed E-state index contributed by atoms with van der Waals surface area (Å²) in [5.41, 5.74) is 31.4. The van der Waals surface area contributed by atoms with Crippen molar-refractivity contribution in [2.45, 2.75) is 98.0 Å². The van der Waals surface area contributed by atoms with Gasteiger partial charge in [0.25, 0.3) is 33.6 Å². The summed E-state index contributed by atoms with van der Waals surface area (Å²) in [7, 11) is 0. The van der Waals surface area contributed by atoms with Crippen LogP contribution in [0.3, 0.4) is 0 Å². The topological polar surface area (TPSA) is 772 Å². The number of aromatic amines is 4. The van der Waals surface area contributed by atoms with Gasteiger partial charge in [-0.15, -0.1) is 23.2 Å². The molecule has 12 heterocycles. The number of H-pyrrole nitrogens is 4. The lowest BCUT2D eigenvalue weighted by molar-refractivity contribution is -0.385. The Labute approximate surface area is 601 Å². The number of carbonyl (C=O) groups is 2. The van der Waals surface area contributed by atoms with E-state index in [1.807, 2.05) is 0 Å². The van der Waals surface area contributed by atoms with Gasteiger partial charge in [0.05, 0.1) is 65.8 Å². The van der Waals surface area contributed by atoms with Crippen LogP contribution in [0.5, 0.6) is 11.5 Å². The standard InChI is InChI=1S/C21H26N12O9.C13H8N2O7.2C10H14N6O4.CH2Cl2/c22-19-28-13-8(15(38)30-19)25-3-32(13)17-11(36)7(6(2-34)42-17)27-21(40)24-1-5-10(35)12(37)18(41-5)33-4-26-9-14(33)29-20(23)31-16(9)39;16-13(21-11-5-1-9(2-6-11)14(17)18)22-12-7-3-10(4-8-12)15(19)20;11-1-3-5(17)6(18)9(20-3)16-2-13-4-7(16)14-10(12)15-8(4)19;11-4-3(1-17)20-9(6(4)18)16-2-13-5-7(16)14-10(12)15-8(5)19;2-1-3/h3-7,10-12,17-18,34-37H,1-2H2,(H2,24,27,40)(H3,22,28,30,38)(H3,23,29,31,39);1-8H;2-3,5-6,9,17-18H,1,11H2,(H3,12,14,15,19);2-4,6,9,17-18H,1,11H2,(H3,12,14,15,19);1H2/t5-,6-,7-,10-,11-,12-,17-,18-;;3-,5-,6-,9-;3-,4-,6-,9-;/m1.11./s1. The van der Waals surface area contributed by atoms with Crippen LogP contribution in [0, 0.1) is 20.2 Å². The van der Waals surface area contributed by atoms with E-state index in [0.29, 0.717) is 0 Å². The van der Waals surface area contributed by atoms with Gasteiger partial charge in [-0.2, -0.15) is 19.9 Å². The zero-order valence-electron chi connectivity index (χ0n) is 54.3. The van der Waals surface area contributed by atoms with Gasteiger partial charge in [-0.3, -0.25) is 77.6 Å². The van der Waals surface area contributed by atoms with Crippen molar-refractivity contribution in [2.24, 2.45) is 11.5 Å². The Morgan fingerprint density at radius 1 is 0.514 bits per heavy atom. The van der Waals surface area contributed by atoms with Crippen LogP contribution in [-0.4, -0.2) is 246 Å². The number of nitrogens with zero attached hydrogens (tertiary/aromatic N) is 14. The molecule has 26 N–H and O–H groups in total. The maximum Gasteiger partial charge on any atom is 0.519 e. The molecule has 14 rings (SSSR count). The molecular formula is C55H64Cl2N26O24. The number of fused-ring (bicyclic) bond motifs is 4. The van der Waals surface area contributed by atoms with Crippen molar-refractivity contribution >= 4 is 115 Å².